The molecule has 0 aromatic heterocycles. The van der Waals surface area contributed by atoms with Crippen LogP contribution in [0.3, 0.4) is 0 Å². The van der Waals surface area contributed by atoms with Gasteiger partial charge in [0.1, 0.15) is 63.7 Å². The molecule has 0 bridgehead atoms. The Morgan fingerprint density at radius 2 is 0.175 bits per heavy atom. The van der Waals surface area contributed by atoms with Crippen LogP contribution in [0.5, 0.6) is 0 Å². The van der Waals surface area contributed by atoms with E-state index in [0.717, 1.165) is 0 Å². The molecule has 0 aliphatic heterocycles. The van der Waals surface area contributed by atoms with Crippen molar-refractivity contribution in [2.45, 2.75) is 0 Å². The van der Waals surface area contributed by atoms with E-state index in [1.165, 1.54) is 63.7 Å². The van der Waals surface area contributed by atoms with Crippen molar-refractivity contribution in [2.24, 2.45) is 0 Å². The van der Waals surface area contributed by atoms with Crippen LogP contribution in [0.4, 0.5) is 0 Å². The van der Waals surface area contributed by atoms with Crippen molar-refractivity contribution in [3.63, 3.8) is 0 Å². The second kappa shape index (κ2) is 36.7. The minimum Gasteiger partial charge on any atom is -0.813 e. The third-order valence-electron chi connectivity index (χ3n) is 12.7. The molecule has 0 heterocycles. The van der Waals surface area contributed by atoms with Crippen molar-refractivity contribution < 1.29 is 40.2 Å². The van der Waals surface area contributed by atoms with Gasteiger partial charge >= 0.3 is 0 Å². The Hall–Kier alpha value is -5.64. The van der Waals surface area contributed by atoms with Crippen molar-refractivity contribution in [2.75, 3.05) is 0 Å². The molecule has 0 amide bonds. The van der Waals surface area contributed by atoms with Crippen LogP contribution in [0.1, 0.15) is 0 Å². The monoisotopic (exact) mass is 1500 g/mol. The maximum Gasteiger partial charge on any atom is 0.102 e. The summed E-state index contributed by atoms with van der Waals surface area (Å²) in [6, 6.07) is 130. The van der Waals surface area contributed by atoms with Gasteiger partial charge in [0.2, 0.25) is 0 Å². The molecule has 0 fully saturated rings. The summed E-state index contributed by atoms with van der Waals surface area (Å²) in [6.07, 6.45) is 0. The molecule has 0 saturated heterocycles. The molecular formula is C72H66Ir2P4S2+2. The first kappa shape index (κ1) is 65.2. The Balaban J connectivity index is 0.000000193. The molecule has 2 radical (unpaired) electrons. The molecule has 0 spiro atoms. The summed E-state index contributed by atoms with van der Waals surface area (Å²) in [7, 11) is -3.51. The van der Waals surface area contributed by atoms with E-state index in [9.17, 15) is 0 Å². The van der Waals surface area contributed by atoms with Gasteiger partial charge in [-0.15, -0.1) is 0 Å². The van der Waals surface area contributed by atoms with E-state index in [0.29, 0.717) is 0 Å². The quantitative estimate of drug-likeness (QED) is 0.0679. The van der Waals surface area contributed by atoms with Gasteiger partial charge in [0.15, 0.2) is 0 Å². The second-order valence-electron chi connectivity index (χ2n) is 17.9. The normalized spacial score (nSPS) is 10.1. The molecule has 0 unspecified atom stereocenters. The molecule has 80 heavy (non-hydrogen) atoms. The first-order valence-corrected chi connectivity index (χ1v) is 31.9. The molecule has 402 valence electrons. The maximum atomic E-state index is 2.24. The average Bonchev–Trinajstić information content (AvgIpc) is 3.52. The van der Waals surface area contributed by atoms with Gasteiger partial charge in [-0.05, 0) is 146 Å². The molecule has 12 aromatic carbocycles. The van der Waals surface area contributed by atoms with Gasteiger partial charge in [-0.2, -0.15) is 0 Å². The molecular weight excluding hydrogens is 1440 g/mol. The van der Waals surface area contributed by atoms with Crippen LogP contribution in [-0.2, 0) is 67.2 Å². The Morgan fingerprint density at radius 1 is 0.113 bits per heavy atom. The van der Waals surface area contributed by atoms with Crippen LogP contribution < -0.4 is 63.7 Å². The Bertz CT molecular complexity index is 2600. The summed E-state index contributed by atoms with van der Waals surface area (Å²) in [6.45, 7) is 0. The van der Waals surface area contributed by atoms with E-state index in [4.69, 9.17) is 0 Å². The molecule has 0 N–H and O–H groups in total. The fourth-order valence-electron chi connectivity index (χ4n) is 9.26. The minimum atomic E-state index is -0.877. The van der Waals surface area contributed by atoms with Crippen LogP contribution in [0, 0.1) is 0 Å². The largest absolute Gasteiger partial charge is 0.813 e. The van der Waals surface area contributed by atoms with Gasteiger partial charge in [-0.3, -0.25) is 0 Å². The van der Waals surface area contributed by atoms with Gasteiger partial charge < -0.3 is 27.0 Å². The molecule has 0 atom stereocenters. The van der Waals surface area contributed by atoms with Crippen molar-refractivity contribution in [1.82, 2.24) is 0 Å². The molecule has 0 nitrogen and oxygen atoms in total. The third kappa shape index (κ3) is 19.2. The predicted octanol–water partition coefficient (Wildman–Crippen LogP) is 12.2. The Labute approximate surface area is 521 Å². The Morgan fingerprint density at radius 3 is 0.237 bits per heavy atom. The van der Waals surface area contributed by atoms with Crippen LogP contribution in [0.25, 0.3) is 0 Å². The zero-order valence-corrected chi connectivity index (χ0v) is 54.8. The zero-order valence-electron chi connectivity index (χ0n) is 44.2. The molecule has 8 heteroatoms. The van der Waals surface area contributed by atoms with Gasteiger partial charge in [-0.25, -0.2) is 0 Å². The fraction of sp³-hybridized carbons (Fsp3) is 0. The van der Waals surface area contributed by atoms with Crippen molar-refractivity contribution in [3.05, 3.63) is 364 Å². The second-order valence-corrected chi connectivity index (χ2v) is 27.8. The predicted molar refractivity (Wildman–Crippen MR) is 364 cm³/mol. The van der Waals surface area contributed by atoms with E-state index < -0.39 is 31.7 Å². The number of hydrogen-bond donors (Lipinski definition) is 0. The number of hydrogen-bond acceptors (Lipinski definition) is 2. The first-order valence-electron chi connectivity index (χ1n) is 25.9. The standard InChI is InChI=1S/4C18H15P.2Ir.2H2S/c4*1-4-10-16(11-5-1)19(17-12-6-2-7-13-17)18-14-8-3-9-15-18;;;;/h4*1-15H;;;2*1H2/p+2. The summed E-state index contributed by atoms with van der Waals surface area (Å²) in [5, 5.41) is 17.2. The number of rotatable bonds is 12. The molecule has 12 rings (SSSR count). The van der Waals surface area contributed by atoms with Gasteiger partial charge in [-0.1, -0.05) is 218 Å². The van der Waals surface area contributed by atoms with E-state index >= 15 is 0 Å². The SMILES string of the molecule is [Ir].[Ir].[SH-].[SH-].c1ccc([PH+](c2ccccc2)c2ccccc2)cc1.c1ccc([PH+](c2ccccc2)c2ccccc2)cc1.c1ccc([PH+](c2ccccc2)c2ccccc2)cc1.c1ccc([PH+](c2ccccc2)c2ccccc2)cc1. The topological polar surface area (TPSA) is 0 Å². The average molecular weight is 1500 g/mol. The van der Waals surface area contributed by atoms with Crippen LogP contribution >= 0.6 is 31.7 Å². The summed E-state index contributed by atoms with van der Waals surface area (Å²) in [5.41, 5.74) is 0. The van der Waals surface area contributed by atoms with E-state index in [2.05, 4.69) is 364 Å². The van der Waals surface area contributed by atoms with Crippen molar-refractivity contribution >= 4 is 122 Å². The third-order valence-corrected chi connectivity index (χ3v) is 23.7. The van der Waals surface area contributed by atoms with Crippen LogP contribution in [-0.4, -0.2) is 0 Å². The molecule has 12 aromatic rings. The van der Waals surface area contributed by atoms with E-state index in [1.54, 1.807) is 0 Å². The molecule has 0 aliphatic carbocycles. The molecule has 0 aliphatic rings. The van der Waals surface area contributed by atoms with Crippen molar-refractivity contribution in [1.29, 1.82) is 0 Å². The maximum absolute atomic E-state index is 2.24. The summed E-state index contributed by atoms with van der Waals surface area (Å²) in [5.74, 6) is 0. The van der Waals surface area contributed by atoms with E-state index in [1.807, 2.05) is 0 Å². The minimum absolute atomic E-state index is 0. The summed E-state index contributed by atoms with van der Waals surface area (Å²) in [4.78, 5) is 0. The number of thiol groups is 2. The summed E-state index contributed by atoms with van der Waals surface area (Å²) < 4.78 is 0. The summed E-state index contributed by atoms with van der Waals surface area (Å²) >= 11 is 0. The number of benzene rings is 12. The molecule has 0 saturated carbocycles. The first-order chi connectivity index (χ1) is 37.8. The fourth-order valence-corrected chi connectivity index (χ4v) is 19.6. The van der Waals surface area contributed by atoms with E-state index in [-0.39, 0.29) is 67.2 Å². The zero-order chi connectivity index (χ0) is 51.7. The van der Waals surface area contributed by atoms with Crippen LogP contribution in [0.15, 0.2) is 364 Å². The van der Waals surface area contributed by atoms with Gasteiger partial charge in [0.05, 0.1) is 31.7 Å². The van der Waals surface area contributed by atoms with Gasteiger partial charge in [0.25, 0.3) is 0 Å². The Kier molecular flexibility index (Phi) is 29.9. The van der Waals surface area contributed by atoms with Crippen molar-refractivity contribution in [3.8, 4) is 0 Å². The smallest absolute Gasteiger partial charge is 0.102 e. The van der Waals surface area contributed by atoms with Crippen LogP contribution in [0.2, 0.25) is 0 Å². The van der Waals surface area contributed by atoms with Gasteiger partial charge in [0, 0.05) is 40.2 Å².